The Bertz CT molecular complexity index is 255. The third kappa shape index (κ3) is 2.55. The minimum atomic E-state index is 0.262. The maximum absolute atomic E-state index is 8.93. The van der Waals surface area contributed by atoms with Crippen LogP contribution in [-0.2, 0) is 0 Å². The second kappa shape index (κ2) is 3.34. The Hall–Kier alpha value is -1.09. The quantitative estimate of drug-likeness (QED) is 0.496. The van der Waals surface area contributed by atoms with Gasteiger partial charge in [0.05, 0.1) is 4.99 Å². The van der Waals surface area contributed by atoms with Gasteiger partial charge in [-0.15, -0.1) is 0 Å². The molecule has 0 radical (unpaired) electrons. The van der Waals surface area contributed by atoms with Gasteiger partial charge in [-0.3, -0.25) is 0 Å². The summed E-state index contributed by atoms with van der Waals surface area (Å²) in [5, 5.41) is 11.9. The fourth-order valence-electron chi connectivity index (χ4n) is 0.748. The van der Waals surface area contributed by atoms with Gasteiger partial charge in [-0.1, -0.05) is 12.2 Å². The zero-order chi connectivity index (χ0) is 8.27. The van der Waals surface area contributed by atoms with Crippen molar-refractivity contribution >= 4 is 22.9 Å². The molecular weight excluding hydrogens is 158 g/mol. The lowest BCUT2D eigenvalue weighted by Gasteiger charge is -2.02. The fraction of sp³-hybridized carbons (Fsp3) is 0.125. The molecule has 1 aromatic carbocycles. The largest absolute Gasteiger partial charge is 0.508 e. The number of aromatic hydroxyl groups is 1. The summed E-state index contributed by atoms with van der Waals surface area (Å²) in [5.74, 6) is 0.262. The number of phenols is 1. The Labute approximate surface area is 70.9 Å². The molecule has 0 aliphatic carbocycles. The van der Waals surface area contributed by atoms with Crippen LogP contribution >= 0.6 is 12.2 Å². The highest BCUT2D eigenvalue weighted by molar-refractivity contribution is 7.80. The molecule has 2 nitrogen and oxygen atoms in total. The van der Waals surface area contributed by atoms with Crippen molar-refractivity contribution < 1.29 is 5.11 Å². The SMILES string of the molecule is CC(=S)Nc1ccc(O)cc1. The topological polar surface area (TPSA) is 32.3 Å². The first kappa shape index (κ1) is 8.01. The van der Waals surface area contributed by atoms with Gasteiger partial charge in [0, 0.05) is 5.69 Å². The lowest BCUT2D eigenvalue weighted by molar-refractivity contribution is 0.475. The summed E-state index contributed by atoms with van der Waals surface area (Å²) in [6.45, 7) is 1.81. The molecule has 0 bridgehead atoms. The van der Waals surface area contributed by atoms with Crippen molar-refractivity contribution in [1.82, 2.24) is 0 Å². The van der Waals surface area contributed by atoms with Crippen LogP contribution in [0.4, 0.5) is 5.69 Å². The molecule has 11 heavy (non-hydrogen) atoms. The zero-order valence-corrected chi connectivity index (χ0v) is 6.98. The van der Waals surface area contributed by atoms with E-state index in [2.05, 4.69) is 5.32 Å². The van der Waals surface area contributed by atoms with Crippen molar-refractivity contribution in [1.29, 1.82) is 0 Å². The summed E-state index contributed by atoms with van der Waals surface area (Å²) < 4.78 is 0. The van der Waals surface area contributed by atoms with Crippen LogP contribution in [0.25, 0.3) is 0 Å². The maximum atomic E-state index is 8.93. The minimum absolute atomic E-state index is 0.262. The molecule has 0 heterocycles. The minimum Gasteiger partial charge on any atom is -0.508 e. The Morgan fingerprint density at radius 2 is 1.91 bits per heavy atom. The Balaban J connectivity index is 2.74. The first-order valence-corrected chi connectivity index (χ1v) is 3.66. The number of benzene rings is 1. The summed E-state index contributed by atoms with van der Waals surface area (Å²) in [7, 11) is 0. The van der Waals surface area contributed by atoms with E-state index in [1.165, 1.54) is 0 Å². The van der Waals surface area contributed by atoms with Gasteiger partial charge in [0.1, 0.15) is 5.75 Å². The molecule has 0 aliphatic heterocycles. The van der Waals surface area contributed by atoms with Crippen LogP contribution in [0, 0.1) is 0 Å². The molecule has 0 spiro atoms. The third-order valence-electron chi connectivity index (χ3n) is 1.19. The standard InChI is InChI=1S/C8H9NOS/c1-6(11)9-7-2-4-8(10)5-3-7/h2-5,10H,1H3,(H,9,11). The average molecular weight is 167 g/mol. The van der Waals surface area contributed by atoms with Crippen LogP contribution in [-0.4, -0.2) is 10.1 Å². The summed E-state index contributed by atoms with van der Waals surface area (Å²) >= 11 is 4.84. The van der Waals surface area contributed by atoms with Crippen LogP contribution in [0.3, 0.4) is 0 Å². The van der Waals surface area contributed by atoms with E-state index in [-0.39, 0.29) is 5.75 Å². The molecule has 0 amide bonds. The van der Waals surface area contributed by atoms with Gasteiger partial charge in [0.2, 0.25) is 0 Å². The van der Waals surface area contributed by atoms with E-state index in [0.29, 0.717) is 0 Å². The number of hydrogen-bond acceptors (Lipinski definition) is 2. The highest BCUT2D eigenvalue weighted by atomic mass is 32.1. The predicted octanol–water partition coefficient (Wildman–Crippen LogP) is 2.15. The van der Waals surface area contributed by atoms with Crippen LogP contribution < -0.4 is 5.32 Å². The monoisotopic (exact) mass is 167 g/mol. The average Bonchev–Trinajstić information content (AvgIpc) is 1.93. The molecule has 2 N–H and O–H groups in total. The lowest BCUT2D eigenvalue weighted by Crippen LogP contribution is -2.02. The number of nitrogens with one attached hydrogen (secondary N) is 1. The molecule has 0 aliphatic rings. The molecular formula is C8H9NOS. The molecule has 0 fully saturated rings. The van der Waals surface area contributed by atoms with Gasteiger partial charge in [-0.05, 0) is 31.2 Å². The smallest absolute Gasteiger partial charge is 0.115 e. The molecule has 0 aromatic heterocycles. The van der Waals surface area contributed by atoms with Crippen LogP contribution in [0.2, 0.25) is 0 Å². The summed E-state index contributed by atoms with van der Waals surface area (Å²) in [6, 6.07) is 6.76. The number of hydrogen-bond donors (Lipinski definition) is 2. The van der Waals surface area contributed by atoms with Gasteiger partial charge in [-0.25, -0.2) is 0 Å². The molecule has 0 unspecified atom stereocenters. The molecule has 1 aromatic rings. The van der Waals surface area contributed by atoms with E-state index < -0.39 is 0 Å². The zero-order valence-electron chi connectivity index (χ0n) is 6.16. The van der Waals surface area contributed by atoms with E-state index in [9.17, 15) is 0 Å². The Morgan fingerprint density at radius 1 is 1.36 bits per heavy atom. The van der Waals surface area contributed by atoms with Crippen LogP contribution in [0.5, 0.6) is 5.75 Å². The number of anilines is 1. The third-order valence-corrected chi connectivity index (χ3v) is 1.29. The fourth-order valence-corrected chi connectivity index (χ4v) is 0.866. The predicted molar refractivity (Wildman–Crippen MR) is 50.0 cm³/mol. The molecule has 1 rings (SSSR count). The summed E-state index contributed by atoms with van der Waals surface area (Å²) in [5.41, 5.74) is 0.898. The summed E-state index contributed by atoms with van der Waals surface area (Å²) in [4.78, 5) is 0.718. The molecule has 0 saturated carbocycles. The molecule has 0 atom stereocenters. The van der Waals surface area contributed by atoms with Crippen molar-refractivity contribution in [2.45, 2.75) is 6.92 Å². The van der Waals surface area contributed by atoms with Gasteiger partial charge in [0.15, 0.2) is 0 Å². The number of thiocarbonyl (C=S) groups is 1. The molecule has 3 heteroatoms. The van der Waals surface area contributed by atoms with E-state index >= 15 is 0 Å². The highest BCUT2D eigenvalue weighted by Crippen LogP contribution is 2.13. The summed E-state index contributed by atoms with van der Waals surface area (Å²) in [6.07, 6.45) is 0. The van der Waals surface area contributed by atoms with Crippen molar-refractivity contribution in [2.75, 3.05) is 5.32 Å². The molecule has 0 saturated heterocycles. The van der Waals surface area contributed by atoms with E-state index in [1.54, 1.807) is 24.3 Å². The van der Waals surface area contributed by atoms with Gasteiger partial charge < -0.3 is 10.4 Å². The van der Waals surface area contributed by atoms with E-state index in [4.69, 9.17) is 17.3 Å². The maximum Gasteiger partial charge on any atom is 0.115 e. The Morgan fingerprint density at radius 3 is 2.36 bits per heavy atom. The first-order valence-electron chi connectivity index (χ1n) is 3.25. The second-order valence-corrected chi connectivity index (χ2v) is 2.84. The van der Waals surface area contributed by atoms with Crippen molar-refractivity contribution in [3.05, 3.63) is 24.3 Å². The van der Waals surface area contributed by atoms with Crippen molar-refractivity contribution in [3.63, 3.8) is 0 Å². The van der Waals surface area contributed by atoms with E-state index in [0.717, 1.165) is 10.7 Å². The van der Waals surface area contributed by atoms with E-state index in [1.807, 2.05) is 6.92 Å². The number of phenolic OH excluding ortho intramolecular Hbond substituents is 1. The van der Waals surface area contributed by atoms with Gasteiger partial charge >= 0.3 is 0 Å². The number of rotatable bonds is 1. The normalized spacial score (nSPS) is 9.18. The van der Waals surface area contributed by atoms with Gasteiger partial charge in [0.25, 0.3) is 0 Å². The van der Waals surface area contributed by atoms with Crippen LogP contribution in [0.1, 0.15) is 6.92 Å². The Kier molecular flexibility index (Phi) is 2.44. The lowest BCUT2D eigenvalue weighted by atomic mass is 10.3. The highest BCUT2D eigenvalue weighted by Gasteiger charge is 1.91. The van der Waals surface area contributed by atoms with Gasteiger partial charge in [-0.2, -0.15) is 0 Å². The second-order valence-electron chi connectivity index (χ2n) is 2.23. The van der Waals surface area contributed by atoms with Crippen molar-refractivity contribution in [3.8, 4) is 5.75 Å². The first-order chi connectivity index (χ1) is 5.18. The molecule has 58 valence electrons. The van der Waals surface area contributed by atoms with Crippen molar-refractivity contribution in [2.24, 2.45) is 0 Å². The van der Waals surface area contributed by atoms with Crippen LogP contribution in [0.15, 0.2) is 24.3 Å².